The number of nitrogen functional groups attached to an aromatic ring is 1. The Labute approximate surface area is 105 Å². The molecule has 2 rings (SSSR count). The monoisotopic (exact) mass is 253 g/mol. The van der Waals surface area contributed by atoms with E-state index in [9.17, 15) is 9.18 Å². The Kier molecular flexibility index (Phi) is 4.11. The summed E-state index contributed by atoms with van der Waals surface area (Å²) in [6.45, 7) is 1.54. The highest BCUT2D eigenvalue weighted by Gasteiger charge is 2.15. The molecular weight excluding hydrogens is 237 g/mol. The van der Waals surface area contributed by atoms with E-state index in [2.05, 4.69) is 5.32 Å². The number of benzene rings is 1. The van der Waals surface area contributed by atoms with Crippen molar-refractivity contribution in [3.63, 3.8) is 0 Å². The van der Waals surface area contributed by atoms with Crippen molar-refractivity contribution in [1.82, 2.24) is 5.06 Å². The molecule has 1 heterocycles. The molecule has 0 spiro atoms. The molecule has 0 aliphatic carbocycles. The number of amides is 1. The number of carbonyl (C=O) groups is 1. The summed E-state index contributed by atoms with van der Waals surface area (Å²) in [5.41, 5.74) is 6.23. The standard InChI is InChI=1S/C12H16FN3O2/c13-9-3-4-11(10(14)7-9)15-12(17)8-16-5-1-2-6-18-16/h3-4,7H,1-2,5-6,8,14H2,(H,15,17). The SMILES string of the molecule is Nc1cc(F)ccc1NC(=O)CN1CCCCO1. The van der Waals surface area contributed by atoms with Crippen LogP contribution >= 0.6 is 0 Å². The van der Waals surface area contributed by atoms with Gasteiger partial charge in [-0.25, -0.2) is 4.39 Å². The maximum Gasteiger partial charge on any atom is 0.241 e. The Morgan fingerprint density at radius 1 is 1.50 bits per heavy atom. The molecule has 6 heteroatoms. The number of hydrogen-bond donors (Lipinski definition) is 2. The van der Waals surface area contributed by atoms with Crippen molar-refractivity contribution in [3.05, 3.63) is 24.0 Å². The summed E-state index contributed by atoms with van der Waals surface area (Å²) < 4.78 is 12.8. The lowest BCUT2D eigenvalue weighted by molar-refractivity contribution is -0.182. The zero-order valence-electron chi connectivity index (χ0n) is 9.99. The fourth-order valence-electron chi connectivity index (χ4n) is 1.77. The van der Waals surface area contributed by atoms with Crippen LogP contribution in [0.2, 0.25) is 0 Å². The average Bonchev–Trinajstić information content (AvgIpc) is 2.34. The van der Waals surface area contributed by atoms with Crippen LogP contribution in [0.4, 0.5) is 15.8 Å². The number of hydroxylamine groups is 2. The minimum atomic E-state index is -0.426. The molecule has 1 saturated heterocycles. The highest BCUT2D eigenvalue weighted by Crippen LogP contribution is 2.19. The lowest BCUT2D eigenvalue weighted by Crippen LogP contribution is -2.37. The number of nitrogens with zero attached hydrogens (tertiary/aromatic N) is 1. The molecule has 0 bridgehead atoms. The highest BCUT2D eigenvalue weighted by atomic mass is 19.1. The van der Waals surface area contributed by atoms with Gasteiger partial charge in [0.1, 0.15) is 12.4 Å². The molecule has 0 radical (unpaired) electrons. The molecular formula is C12H16FN3O2. The van der Waals surface area contributed by atoms with Crippen molar-refractivity contribution in [2.45, 2.75) is 12.8 Å². The van der Waals surface area contributed by atoms with Gasteiger partial charge in [0.25, 0.3) is 0 Å². The smallest absolute Gasteiger partial charge is 0.241 e. The predicted octanol–water partition coefficient (Wildman–Crippen LogP) is 1.37. The third kappa shape index (κ3) is 3.41. The average molecular weight is 253 g/mol. The maximum absolute atomic E-state index is 12.8. The second-order valence-electron chi connectivity index (χ2n) is 4.18. The quantitative estimate of drug-likeness (QED) is 0.798. The van der Waals surface area contributed by atoms with Crippen LogP contribution in [0.5, 0.6) is 0 Å². The summed E-state index contributed by atoms with van der Waals surface area (Å²) in [6, 6.07) is 3.87. The van der Waals surface area contributed by atoms with Crippen LogP contribution in [0.1, 0.15) is 12.8 Å². The van der Waals surface area contributed by atoms with Gasteiger partial charge in [-0.1, -0.05) is 0 Å². The first kappa shape index (κ1) is 12.8. The van der Waals surface area contributed by atoms with E-state index in [0.717, 1.165) is 19.4 Å². The van der Waals surface area contributed by atoms with Crippen molar-refractivity contribution >= 4 is 17.3 Å². The van der Waals surface area contributed by atoms with Gasteiger partial charge in [0, 0.05) is 6.54 Å². The molecule has 0 aromatic heterocycles. The van der Waals surface area contributed by atoms with Gasteiger partial charge in [-0.3, -0.25) is 9.63 Å². The van der Waals surface area contributed by atoms with Crippen molar-refractivity contribution in [2.75, 3.05) is 30.7 Å². The second kappa shape index (κ2) is 5.79. The second-order valence-corrected chi connectivity index (χ2v) is 4.18. The summed E-state index contributed by atoms with van der Waals surface area (Å²) in [4.78, 5) is 17.1. The minimum Gasteiger partial charge on any atom is -0.397 e. The van der Waals surface area contributed by atoms with Gasteiger partial charge in [0.15, 0.2) is 0 Å². The predicted molar refractivity (Wildman–Crippen MR) is 66.2 cm³/mol. The molecule has 1 aliphatic heterocycles. The zero-order valence-corrected chi connectivity index (χ0v) is 9.99. The number of rotatable bonds is 3. The summed E-state index contributed by atoms with van der Waals surface area (Å²) in [5, 5.41) is 4.26. The van der Waals surface area contributed by atoms with Gasteiger partial charge in [-0.15, -0.1) is 0 Å². The van der Waals surface area contributed by atoms with Crippen molar-refractivity contribution in [2.24, 2.45) is 0 Å². The van der Waals surface area contributed by atoms with Crippen molar-refractivity contribution in [3.8, 4) is 0 Å². The largest absolute Gasteiger partial charge is 0.397 e. The van der Waals surface area contributed by atoms with Gasteiger partial charge in [-0.05, 0) is 31.0 Å². The summed E-state index contributed by atoms with van der Waals surface area (Å²) in [5.74, 6) is -0.653. The molecule has 1 amide bonds. The fraction of sp³-hybridized carbons (Fsp3) is 0.417. The molecule has 1 aromatic rings. The van der Waals surface area contributed by atoms with E-state index in [-0.39, 0.29) is 18.1 Å². The number of carbonyl (C=O) groups excluding carboxylic acids is 1. The molecule has 1 aliphatic rings. The fourth-order valence-corrected chi connectivity index (χ4v) is 1.77. The third-order valence-electron chi connectivity index (χ3n) is 2.68. The van der Waals surface area contributed by atoms with Crippen LogP contribution in [0.15, 0.2) is 18.2 Å². The van der Waals surface area contributed by atoms with Gasteiger partial charge in [0.05, 0.1) is 18.0 Å². The molecule has 1 fully saturated rings. The molecule has 1 aromatic carbocycles. The van der Waals surface area contributed by atoms with Crippen LogP contribution in [-0.2, 0) is 9.63 Å². The van der Waals surface area contributed by atoms with Crippen molar-refractivity contribution < 1.29 is 14.0 Å². The Morgan fingerprint density at radius 3 is 3.00 bits per heavy atom. The van der Waals surface area contributed by atoms with E-state index < -0.39 is 5.82 Å². The van der Waals surface area contributed by atoms with Gasteiger partial charge in [0.2, 0.25) is 5.91 Å². The van der Waals surface area contributed by atoms with Crippen molar-refractivity contribution in [1.29, 1.82) is 0 Å². The van der Waals surface area contributed by atoms with E-state index in [0.29, 0.717) is 12.3 Å². The van der Waals surface area contributed by atoms with Gasteiger partial charge < -0.3 is 11.1 Å². The number of halogens is 1. The highest BCUT2D eigenvalue weighted by molar-refractivity contribution is 5.94. The van der Waals surface area contributed by atoms with Crippen LogP contribution in [0, 0.1) is 5.82 Å². The first-order chi connectivity index (χ1) is 8.65. The van der Waals surface area contributed by atoms with Crippen LogP contribution in [0.25, 0.3) is 0 Å². The third-order valence-corrected chi connectivity index (χ3v) is 2.68. The zero-order chi connectivity index (χ0) is 13.0. The maximum atomic E-state index is 12.8. The molecule has 98 valence electrons. The molecule has 0 atom stereocenters. The first-order valence-electron chi connectivity index (χ1n) is 5.88. The number of nitrogens with one attached hydrogen (secondary N) is 1. The summed E-state index contributed by atoms with van der Waals surface area (Å²) >= 11 is 0. The minimum absolute atomic E-state index is 0.150. The Balaban J connectivity index is 1.90. The molecule has 5 nitrogen and oxygen atoms in total. The Hall–Kier alpha value is -1.66. The summed E-state index contributed by atoms with van der Waals surface area (Å²) in [6.07, 6.45) is 2.04. The van der Waals surface area contributed by atoms with Gasteiger partial charge >= 0.3 is 0 Å². The van der Waals surface area contributed by atoms with Gasteiger partial charge in [-0.2, -0.15) is 5.06 Å². The van der Waals surface area contributed by atoms with E-state index in [1.54, 1.807) is 5.06 Å². The Morgan fingerprint density at radius 2 is 2.33 bits per heavy atom. The van der Waals surface area contributed by atoms with Crippen LogP contribution < -0.4 is 11.1 Å². The van der Waals surface area contributed by atoms with E-state index >= 15 is 0 Å². The van der Waals surface area contributed by atoms with E-state index in [4.69, 9.17) is 10.6 Å². The lowest BCUT2D eigenvalue weighted by atomic mass is 10.2. The molecule has 3 N–H and O–H groups in total. The van der Waals surface area contributed by atoms with E-state index in [1.165, 1.54) is 18.2 Å². The Bertz CT molecular complexity index is 433. The normalized spacial score (nSPS) is 16.5. The summed E-state index contributed by atoms with van der Waals surface area (Å²) in [7, 11) is 0. The molecule has 18 heavy (non-hydrogen) atoms. The number of anilines is 2. The number of hydrogen-bond acceptors (Lipinski definition) is 4. The van der Waals surface area contributed by atoms with E-state index in [1.807, 2.05) is 0 Å². The number of nitrogens with two attached hydrogens (primary N) is 1. The topological polar surface area (TPSA) is 67.6 Å². The molecule has 0 unspecified atom stereocenters. The van der Waals surface area contributed by atoms with Crippen LogP contribution in [-0.4, -0.2) is 30.7 Å². The van der Waals surface area contributed by atoms with Crippen LogP contribution in [0.3, 0.4) is 0 Å². The first-order valence-corrected chi connectivity index (χ1v) is 5.88. The molecule has 0 saturated carbocycles. The lowest BCUT2D eigenvalue weighted by Gasteiger charge is -2.25.